The second-order valence-corrected chi connectivity index (χ2v) is 6.42. The summed E-state index contributed by atoms with van der Waals surface area (Å²) < 4.78 is 0. The van der Waals surface area contributed by atoms with Crippen LogP contribution in [-0.4, -0.2) is 11.2 Å². The van der Waals surface area contributed by atoms with E-state index in [2.05, 4.69) is 5.32 Å². The first kappa shape index (κ1) is 14.9. The summed E-state index contributed by atoms with van der Waals surface area (Å²) in [5.41, 5.74) is 1.93. The Balaban J connectivity index is 1.96. The fourth-order valence-electron chi connectivity index (χ4n) is 1.68. The van der Waals surface area contributed by atoms with Gasteiger partial charge in [-0.3, -0.25) is 4.79 Å². The second kappa shape index (κ2) is 6.82. The van der Waals surface area contributed by atoms with Crippen LogP contribution in [0.4, 0.5) is 5.69 Å². The van der Waals surface area contributed by atoms with E-state index in [1.165, 1.54) is 17.3 Å². The molecule has 0 unspecified atom stereocenters. The number of carbonyl (C=O) groups excluding carboxylic acids is 1. The van der Waals surface area contributed by atoms with Crippen molar-refractivity contribution in [2.24, 2.45) is 0 Å². The predicted molar refractivity (Wildman–Crippen MR) is 86.6 cm³/mol. The van der Waals surface area contributed by atoms with Crippen LogP contribution >= 0.6 is 23.4 Å². The molecule has 0 aliphatic rings. The van der Waals surface area contributed by atoms with Gasteiger partial charge in [-0.1, -0.05) is 35.4 Å². The molecule has 2 nitrogen and oxygen atoms in total. The summed E-state index contributed by atoms with van der Waals surface area (Å²) in [6.45, 7) is 3.94. The highest BCUT2D eigenvalue weighted by atomic mass is 35.5. The summed E-state index contributed by atoms with van der Waals surface area (Å²) in [5, 5.41) is 3.31. The van der Waals surface area contributed by atoms with Crippen molar-refractivity contribution >= 4 is 35.0 Å². The largest absolute Gasteiger partial charge is 0.325 e. The Hall–Kier alpha value is -1.45. The van der Waals surface area contributed by atoms with Crippen molar-refractivity contribution in [2.75, 3.05) is 5.32 Å². The highest BCUT2D eigenvalue weighted by molar-refractivity contribution is 8.00. The van der Waals surface area contributed by atoms with Crippen LogP contribution < -0.4 is 5.32 Å². The van der Waals surface area contributed by atoms with Gasteiger partial charge in [0, 0.05) is 15.6 Å². The van der Waals surface area contributed by atoms with Gasteiger partial charge < -0.3 is 5.32 Å². The standard InChI is InChI=1S/C16H16ClNOS/c1-11-6-8-15(9-7-11)20-12(2)16(19)18-14-5-3-4-13(17)10-14/h3-10,12H,1-2H3,(H,18,19)/t12-/m1/s1. The third-order valence-electron chi connectivity index (χ3n) is 2.80. The number of hydrogen-bond acceptors (Lipinski definition) is 2. The molecular formula is C16H16ClNOS. The van der Waals surface area contributed by atoms with Crippen molar-refractivity contribution in [1.82, 2.24) is 0 Å². The van der Waals surface area contributed by atoms with E-state index in [1.54, 1.807) is 12.1 Å². The summed E-state index contributed by atoms with van der Waals surface area (Å²) in [7, 11) is 0. The number of aryl methyl sites for hydroxylation is 1. The van der Waals surface area contributed by atoms with E-state index in [0.29, 0.717) is 5.02 Å². The molecule has 104 valence electrons. The molecule has 1 atom stereocenters. The zero-order valence-electron chi connectivity index (χ0n) is 11.4. The first-order valence-corrected chi connectivity index (χ1v) is 7.60. The SMILES string of the molecule is Cc1ccc(S[C@H](C)C(=O)Nc2cccc(Cl)c2)cc1. The monoisotopic (exact) mass is 305 g/mol. The molecule has 2 rings (SSSR count). The van der Waals surface area contributed by atoms with Gasteiger partial charge in [0.2, 0.25) is 5.91 Å². The van der Waals surface area contributed by atoms with Gasteiger partial charge >= 0.3 is 0 Å². The van der Waals surface area contributed by atoms with E-state index in [9.17, 15) is 4.79 Å². The van der Waals surface area contributed by atoms with Gasteiger partial charge in [-0.2, -0.15) is 0 Å². The highest BCUT2D eigenvalue weighted by Crippen LogP contribution is 2.24. The number of nitrogens with one attached hydrogen (secondary N) is 1. The van der Waals surface area contributed by atoms with Crippen LogP contribution in [0.5, 0.6) is 0 Å². The smallest absolute Gasteiger partial charge is 0.237 e. The maximum Gasteiger partial charge on any atom is 0.237 e. The molecule has 0 aromatic heterocycles. The summed E-state index contributed by atoms with van der Waals surface area (Å²) in [4.78, 5) is 13.2. The molecule has 0 aliphatic carbocycles. The summed E-state index contributed by atoms with van der Waals surface area (Å²) in [6, 6.07) is 15.3. The number of halogens is 1. The van der Waals surface area contributed by atoms with Gasteiger partial charge in [0.05, 0.1) is 5.25 Å². The maximum absolute atomic E-state index is 12.1. The molecular weight excluding hydrogens is 290 g/mol. The predicted octanol–water partition coefficient (Wildman–Crippen LogP) is 4.77. The van der Waals surface area contributed by atoms with Crippen LogP contribution in [-0.2, 0) is 4.79 Å². The van der Waals surface area contributed by atoms with E-state index in [1.807, 2.05) is 50.2 Å². The van der Waals surface area contributed by atoms with Crippen molar-refractivity contribution < 1.29 is 4.79 Å². The average molecular weight is 306 g/mol. The molecule has 1 amide bonds. The van der Waals surface area contributed by atoms with Gasteiger partial charge in [-0.25, -0.2) is 0 Å². The van der Waals surface area contributed by atoms with Crippen LogP contribution in [0.15, 0.2) is 53.4 Å². The van der Waals surface area contributed by atoms with Crippen LogP contribution in [0.1, 0.15) is 12.5 Å². The van der Waals surface area contributed by atoms with E-state index < -0.39 is 0 Å². The summed E-state index contributed by atoms with van der Waals surface area (Å²) in [6.07, 6.45) is 0. The van der Waals surface area contributed by atoms with Crippen molar-refractivity contribution in [1.29, 1.82) is 0 Å². The Labute approximate surface area is 128 Å². The summed E-state index contributed by atoms with van der Waals surface area (Å²) >= 11 is 7.43. The first-order chi connectivity index (χ1) is 9.54. The summed E-state index contributed by atoms with van der Waals surface area (Å²) in [5.74, 6) is -0.0298. The zero-order valence-corrected chi connectivity index (χ0v) is 13.0. The number of rotatable bonds is 4. The van der Waals surface area contributed by atoms with Gasteiger partial charge in [0.1, 0.15) is 0 Å². The van der Waals surface area contributed by atoms with Crippen molar-refractivity contribution in [2.45, 2.75) is 24.0 Å². The lowest BCUT2D eigenvalue weighted by molar-refractivity contribution is -0.115. The fourth-order valence-corrected chi connectivity index (χ4v) is 2.74. The lowest BCUT2D eigenvalue weighted by atomic mass is 10.2. The van der Waals surface area contributed by atoms with Crippen LogP contribution in [0.3, 0.4) is 0 Å². The zero-order chi connectivity index (χ0) is 14.5. The third kappa shape index (κ3) is 4.29. The Morgan fingerprint density at radius 1 is 1.20 bits per heavy atom. The molecule has 0 bridgehead atoms. The fraction of sp³-hybridized carbons (Fsp3) is 0.188. The van der Waals surface area contributed by atoms with E-state index in [0.717, 1.165) is 10.6 Å². The molecule has 1 N–H and O–H groups in total. The van der Waals surface area contributed by atoms with E-state index >= 15 is 0 Å². The third-order valence-corrected chi connectivity index (χ3v) is 4.14. The van der Waals surface area contributed by atoms with Crippen molar-refractivity contribution in [3.63, 3.8) is 0 Å². The maximum atomic E-state index is 12.1. The Morgan fingerprint density at radius 2 is 1.90 bits per heavy atom. The quantitative estimate of drug-likeness (QED) is 0.825. The van der Waals surface area contributed by atoms with Crippen LogP contribution in [0, 0.1) is 6.92 Å². The van der Waals surface area contributed by atoms with Gasteiger partial charge in [-0.05, 0) is 44.2 Å². The molecule has 0 spiro atoms. The van der Waals surface area contributed by atoms with Gasteiger partial charge in [-0.15, -0.1) is 11.8 Å². The number of hydrogen-bond donors (Lipinski definition) is 1. The first-order valence-electron chi connectivity index (χ1n) is 6.34. The molecule has 0 fully saturated rings. The lowest BCUT2D eigenvalue weighted by Gasteiger charge is -2.12. The Bertz CT molecular complexity index is 598. The number of anilines is 1. The molecule has 2 aromatic rings. The molecule has 0 saturated heterocycles. The number of benzene rings is 2. The van der Waals surface area contributed by atoms with E-state index in [4.69, 9.17) is 11.6 Å². The number of amides is 1. The normalized spacial score (nSPS) is 11.9. The average Bonchev–Trinajstić information content (AvgIpc) is 2.41. The minimum absolute atomic E-state index is 0.0298. The van der Waals surface area contributed by atoms with Crippen molar-refractivity contribution in [3.8, 4) is 0 Å². The molecule has 0 saturated carbocycles. The minimum Gasteiger partial charge on any atom is -0.325 e. The molecule has 0 aliphatic heterocycles. The lowest BCUT2D eigenvalue weighted by Crippen LogP contribution is -2.22. The van der Waals surface area contributed by atoms with Crippen LogP contribution in [0.2, 0.25) is 5.02 Å². The van der Waals surface area contributed by atoms with Crippen LogP contribution in [0.25, 0.3) is 0 Å². The number of thioether (sulfide) groups is 1. The molecule has 0 radical (unpaired) electrons. The second-order valence-electron chi connectivity index (χ2n) is 4.57. The topological polar surface area (TPSA) is 29.1 Å². The Morgan fingerprint density at radius 3 is 2.55 bits per heavy atom. The highest BCUT2D eigenvalue weighted by Gasteiger charge is 2.14. The van der Waals surface area contributed by atoms with Gasteiger partial charge in [0.25, 0.3) is 0 Å². The molecule has 2 aromatic carbocycles. The molecule has 0 heterocycles. The number of carbonyl (C=O) groups is 1. The van der Waals surface area contributed by atoms with Crippen molar-refractivity contribution in [3.05, 3.63) is 59.1 Å². The van der Waals surface area contributed by atoms with Gasteiger partial charge in [0.15, 0.2) is 0 Å². The molecule has 20 heavy (non-hydrogen) atoms. The Kier molecular flexibility index (Phi) is 5.10. The minimum atomic E-state index is -0.170. The molecule has 4 heteroatoms. The van der Waals surface area contributed by atoms with E-state index in [-0.39, 0.29) is 11.2 Å².